The molecule has 100 valence electrons. The van der Waals surface area contributed by atoms with Gasteiger partial charge in [0.05, 0.1) is 23.9 Å². The molecule has 19 heavy (non-hydrogen) atoms. The summed E-state index contributed by atoms with van der Waals surface area (Å²) in [6, 6.07) is 4.64. The largest absolute Gasteiger partial charge is 0.491 e. The van der Waals surface area contributed by atoms with E-state index in [9.17, 15) is 10.1 Å². The molecule has 0 unspecified atom stereocenters. The number of nitrogens with zero attached hydrogens (tertiary/aromatic N) is 3. The highest BCUT2D eigenvalue weighted by Crippen LogP contribution is 2.26. The van der Waals surface area contributed by atoms with E-state index < -0.39 is 4.92 Å². The summed E-state index contributed by atoms with van der Waals surface area (Å²) in [7, 11) is 0. The molecule has 0 spiro atoms. The summed E-state index contributed by atoms with van der Waals surface area (Å²) in [5, 5.41) is 10.8. The Hall–Kier alpha value is -2.37. The van der Waals surface area contributed by atoms with Crippen LogP contribution < -0.4 is 4.74 Å². The monoisotopic (exact) mass is 261 g/mol. The predicted octanol–water partition coefficient (Wildman–Crippen LogP) is 2.63. The van der Waals surface area contributed by atoms with Crippen LogP contribution in [0.4, 0.5) is 5.69 Å². The molecule has 0 radical (unpaired) electrons. The van der Waals surface area contributed by atoms with Crippen LogP contribution >= 0.6 is 0 Å². The molecule has 0 aliphatic rings. The molecule has 0 saturated heterocycles. The van der Waals surface area contributed by atoms with Gasteiger partial charge < -0.3 is 9.30 Å². The highest BCUT2D eigenvalue weighted by atomic mass is 16.6. The number of hydrogen-bond donors (Lipinski definition) is 0. The van der Waals surface area contributed by atoms with Crippen LogP contribution in [0.3, 0.4) is 0 Å². The van der Waals surface area contributed by atoms with Crippen molar-refractivity contribution in [2.24, 2.45) is 0 Å². The van der Waals surface area contributed by atoms with Gasteiger partial charge in [-0.25, -0.2) is 4.98 Å². The second-order valence-electron chi connectivity index (χ2n) is 4.45. The quantitative estimate of drug-likeness (QED) is 0.612. The summed E-state index contributed by atoms with van der Waals surface area (Å²) in [6.45, 7) is 4.33. The van der Waals surface area contributed by atoms with Crippen LogP contribution in [0.15, 0.2) is 36.9 Å². The Kier molecular flexibility index (Phi) is 3.79. The minimum absolute atomic E-state index is 0.0167. The Morgan fingerprint density at radius 1 is 1.47 bits per heavy atom. The van der Waals surface area contributed by atoms with E-state index in [1.807, 2.05) is 18.4 Å². The van der Waals surface area contributed by atoms with Crippen LogP contribution in [0.2, 0.25) is 0 Å². The summed E-state index contributed by atoms with van der Waals surface area (Å²) < 4.78 is 7.51. The smallest absolute Gasteiger partial charge is 0.270 e. The van der Waals surface area contributed by atoms with Crippen molar-refractivity contribution < 1.29 is 9.66 Å². The zero-order valence-corrected chi connectivity index (χ0v) is 10.8. The van der Waals surface area contributed by atoms with Crippen molar-refractivity contribution >= 4 is 5.69 Å². The SMILES string of the molecule is CC(C)Oc1ccc([N+](=O)[O-])cc1Cn1ccnc1. The van der Waals surface area contributed by atoms with Gasteiger partial charge in [-0.05, 0) is 19.9 Å². The molecule has 2 aromatic rings. The van der Waals surface area contributed by atoms with Gasteiger partial charge in [-0.1, -0.05) is 0 Å². The number of benzene rings is 1. The average molecular weight is 261 g/mol. The predicted molar refractivity (Wildman–Crippen MR) is 70.2 cm³/mol. The Morgan fingerprint density at radius 2 is 2.26 bits per heavy atom. The zero-order chi connectivity index (χ0) is 13.8. The molecule has 0 aliphatic heterocycles. The first kappa shape index (κ1) is 13.1. The van der Waals surface area contributed by atoms with Crippen molar-refractivity contribution in [3.8, 4) is 5.75 Å². The van der Waals surface area contributed by atoms with E-state index in [1.165, 1.54) is 12.1 Å². The molecule has 1 aromatic carbocycles. The van der Waals surface area contributed by atoms with E-state index in [2.05, 4.69) is 4.98 Å². The molecule has 2 rings (SSSR count). The lowest BCUT2D eigenvalue weighted by Crippen LogP contribution is -2.09. The van der Waals surface area contributed by atoms with E-state index in [0.29, 0.717) is 12.3 Å². The number of rotatable bonds is 5. The lowest BCUT2D eigenvalue weighted by molar-refractivity contribution is -0.384. The first-order valence-corrected chi connectivity index (χ1v) is 5.96. The fourth-order valence-corrected chi connectivity index (χ4v) is 1.75. The molecule has 6 heteroatoms. The number of non-ortho nitro benzene ring substituents is 1. The lowest BCUT2D eigenvalue weighted by Gasteiger charge is -2.14. The molecular weight excluding hydrogens is 246 g/mol. The van der Waals surface area contributed by atoms with Crippen LogP contribution in [-0.4, -0.2) is 20.6 Å². The second-order valence-corrected chi connectivity index (χ2v) is 4.45. The summed E-state index contributed by atoms with van der Waals surface area (Å²) in [5.74, 6) is 0.661. The van der Waals surface area contributed by atoms with Crippen LogP contribution in [0, 0.1) is 10.1 Å². The Balaban J connectivity index is 2.34. The van der Waals surface area contributed by atoms with Crippen molar-refractivity contribution in [1.82, 2.24) is 9.55 Å². The van der Waals surface area contributed by atoms with E-state index in [0.717, 1.165) is 5.56 Å². The first-order chi connectivity index (χ1) is 9.06. The van der Waals surface area contributed by atoms with E-state index >= 15 is 0 Å². The molecule has 0 atom stereocenters. The van der Waals surface area contributed by atoms with Gasteiger partial charge in [0.25, 0.3) is 5.69 Å². The summed E-state index contributed by atoms with van der Waals surface area (Å²) in [5.41, 5.74) is 0.826. The van der Waals surface area contributed by atoms with Gasteiger partial charge in [0.15, 0.2) is 0 Å². The lowest BCUT2D eigenvalue weighted by atomic mass is 10.1. The number of imidazole rings is 1. The molecule has 0 saturated carbocycles. The van der Waals surface area contributed by atoms with Gasteiger partial charge in [-0.3, -0.25) is 10.1 Å². The summed E-state index contributed by atoms with van der Waals surface area (Å²) in [4.78, 5) is 14.4. The van der Waals surface area contributed by atoms with E-state index in [1.54, 1.807) is 24.8 Å². The van der Waals surface area contributed by atoms with Crippen molar-refractivity contribution in [2.45, 2.75) is 26.5 Å². The Bertz CT molecular complexity index is 565. The molecular formula is C13H15N3O3. The van der Waals surface area contributed by atoms with Crippen molar-refractivity contribution in [3.63, 3.8) is 0 Å². The highest BCUT2D eigenvalue weighted by molar-refractivity contribution is 5.44. The number of nitro groups is 1. The zero-order valence-electron chi connectivity index (χ0n) is 10.8. The van der Waals surface area contributed by atoms with Gasteiger partial charge in [-0.2, -0.15) is 0 Å². The maximum atomic E-state index is 10.8. The number of nitro benzene ring substituents is 1. The fraction of sp³-hybridized carbons (Fsp3) is 0.308. The molecule has 0 aliphatic carbocycles. The van der Waals surface area contributed by atoms with Crippen molar-refractivity contribution in [2.75, 3.05) is 0 Å². The molecule has 0 N–H and O–H groups in total. The molecule has 0 fully saturated rings. The number of ether oxygens (including phenoxy) is 1. The van der Waals surface area contributed by atoms with Gasteiger partial charge in [0.2, 0.25) is 0 Å². The molecule has 6 nitrogen and oxygen atoms in total. The van der Waals surface area contributed by atoms with E-state index in [-0.39, 0.29) is 11.8 Å². The standard InChI is InChI=1S/C13H15N3O3/c1-10(2)19-13-4-3-12(16(17)18)7-11(13)8-15-6-5-14-9-15/h3-7,9-10H,8H2,1-2H3. The molecule has 0 amide bonds. The van der Waals surface area contributed by atoms with Crippen molar-refractivity contribution in [3.05, 3.63) is 52.6 Å². The Morgan fingerprint density at radius 3 is 2.84 bits per heavy atom. The maximum Gasteiger partial charge on any atom is 0.270 e. The maximum absolute atomic E-state index is 10.8. The van der Waals surface area contributed by atoms with Gasteiger partial charge in [-0.15, -0.1) is 0 Å². The minimum atomic E-state index is -0.406. The topological polar surface area (TPSA) is 70.2 Å². The Labute approximate surface area is 110 Å². The number of aromatic nitrogens is 2. The third kappa shape index (κ3) is 3.31. The molecule has 1 aromatic heterocycles. The molecule has 0 bridgehead atoms. The summed E-state index contributed by atoms with van der Waals surface area (Å²) >= 11 is 0. The van der Waals surface area contributed by atoms with Gasteiger partial charge in [0.1, 0.15) is 5.75 Å². The third-order valence-electron chi connectivity index (χ3n) is 2.53. The normalized spacial score (nSPS) is 10.7. The van der Waals surface area contributed by atoms with Crippen molar-refractivity contribution in [1.29, 1.82) is 0 Å². The van der Waals surface area contributed by atoms with Crippen LogP contribution in [0.1, 0.15) is 19.4 Å². The van der Waals surface area contributed by atoms with Gasteiger partial charge >= 0.3 is 0 Å². The van der Waals surface area contributed by atoms with Gasteiger partial charge in [0, 0.05) is 30.1 Å². The fourth-order valence-electron chi connectivity index (χ4n) is 1.75. The first-order valence-electron chi connectivity index (χ1n) is 5.96. The summed E-state index contributed by atoms with van der Waals surface area (Å²) in [6.07, 6.45) is 5.15. The second kappa shape index (κ2) is 5.51. The van der Waals surface area contributed by atoms with Crippen LogP contribution in [0.25, 0.3) is 0 Å². The van der Waals surface area contributed by atoms with Crippen LogP contribution in [0.5, 0.6) is 5.75 Å². The highest BCUT2D eigenvalue weighted by Gasteiger charge is 2.13. The van der Waals surface area contributed by atoms with Crippen LogP contribution in [-0.2, 0) is 6.54 Å². The average Bonchev–Trinajstić information content (AvgIpc) is 2.83. The minimum Gasteiger partial charge on any atom is -0.491 e. The molecule has 1 heterocycles. The van der Waals surface area contributed by atoms with E-state index in [4.69, 9.17) is 4.74 Å². The third-order valence-corrected chi connectivity index (χ3v) is 2.53. The number of hydrogen-bond acceptors (Lipinski definition) is 4.